The Kier molecular flexibility index (Phi) is 4.52. The molecule has 106 valence electrons. The van der Waals surface area contributed by atoms with Crippen molar-refractivity contribution in [3.05, 3.63) is 39.0 Å². The van der Waals surface area contributed by atoms with Gasteiger partial charge in [-0.25, -0.2) is 0 Å². The van der Waals surface area contributed by atoms with Gasteiger partial charge in [0.2, 0.25) is 5.78 Å². The predicted molar refractivity (Wildman–Crippen MR) is 78.9 cm³/mol. The van der Waals surface area contributed by atoms with Crippen molar-refractivity contribution >= 4 is 28.7 Å². The third-order valence-corrected chi connectivity index (χ3v) is 4.04. The Morgan fingerprint density at radius 1 is 1.05 bits per heavy atom. The number of halogens is 1. The maximum absolute atomic E-state index is 12.6. The summed E-state index contributed by atoms with van der Waals surface area (Å²) in [5.41, 5.74) is 0.374. The summed E-state index contributed by atoms with van der Waals surface area (Å²) in [6, 6.07) is 5.01. The minimum Gasteiger partial charge on any atom is -0.495 e. The molecule has 0 saturated heterocycles. The van der Waals surface area contributed by atoms with Gasteiger partial charge in [-0.2, -0.15) is 0 Å². The highest BCUT2D eigenvalue weighted by molar-refractivity contribution is 7.12. The lowest BCUT2D eigenvalue weighted by Crippen LogP contribution is -2.04. The van der Waals surface area contributed by atoms with Gasteiger partial charge in [-0.15, -0.1) is 11.3 Å². The van der Waals surface area contributed by atoms with E-state index >= 15 is 0 Å². The third kappa shape index (κ3) is 2.46. The van der Waals surface area contributed by atoms with Crippen LogP contribution in [0, 0.1) is 0 Å². The van der Waals surface area contributed by atoms with Gasteiger partial charge >= 0.3 is 0 Å². The molecule has 0 unspecified atom stereocenters. The highest BCUT2D eigenvalue weighted by Gasteiger charge is 2.23. The molecule has 0 aliphatic heterocycles. The summed E-state index contributed by atoms with van der Waals surface area (Å²) in [7, 11) is 4.49. The molecule has 0 radical (unpaired) electrons. The van der Waals surface area contributed by atoms with Crippen LogP contribution < -0.4 is 14.2 Å². The zero-order chi connectivity index (χ0) is 14.7. The fourth-order valence-corrected chi connectivity index (χ4v) is 2.95. The maximum Gasteiger partial charge on any atom is 0.210 e. The molecule has 20 heavy (non-hydrogen) atoms. The van der Waals surface area contributed by atoms with Crippen LogP contribution in [0.1, 0.15) is 15.2 Å². The van der Waals surface area contributed by atoms with E-state index in [0.29, 0.717) is 27.7 Å². The van der Waals surface area contributed by atoms with E-state index in [1.165, 1.54) is 32.7 Å². The Morgan fingerprint density at radius 3 is 2.35 bits per heavy atom. The quantitative estimate of drug-likeness (QED) is 0.790. The number of carbonyl (C=O) groups excluding carboxylic acids is 1. The van der Waals surface area contributed by atoms with Gasteiger partial charge in [0.15, 0.2) is 5.75 Å². The van der Waals surface area contributed by atoms with Crippen LogP contribution in [0.25, 0.3) is 0 Å². The van der Waals surface area contributed by atoms with E-state index < -0.39 is 0 Å². The molecule has 1 aromatic carbocycles. The van der Waals surface area contributed by atoms with Gasteiger partial charge in [0, 0.05) is 0 Å². The van der Waals surface area contributed by atoms with Crippen LogP contribution >= 0.6 is 22.9 Å². The van der Waals surface area contributed by atoms with Gasteiger partial charge in [0.25, 0.3) is 0 Å². The molecular weight excluding hydrogens is 300 g/mol. The molecule has 0 bridgehead atoms. The number of rotatable bonds is 5. The van der Waals surface area contributed by atoms with Crippen molar-refractivity contribution in [2.45, 2.75) is 0 Å². The summed E-state index contributed by atoms with van der Waals surface area (Å²) in [6.07, 6.45) is 0. The number of benzene rings is 1. The van der Waals surface area contributed by atoms with E-state index in [1.54, 1.807) is 23.6 Å². The van der Waals surface area contributed by atoms with E-state index in [2.05, 4.69) is 0 Å². The molecule has 0 aliphatic rings. The van der Waals surface area contributed by atoms with Gasteiger partial charge < -0.3 is 14.2 Å². The second-order valence-corrected chi connectivity index (χ2v) is 5.10. The summed E-state index contributed by atoms with van der Waals surface area (Å²) < 4.78 is 15.5. The molecule has 0 saturated carbocycles. The fraction of sp³-hybridized carbons (Fsp3) is 0.214. The van der Waals surface area contributed by atoms with Gasteiger partial charge in [0.1, 0.15) is 21.4 Å². The van der Waals surface area contributed by atoms with Crippen molar-refractivity contribution in [1.29, 1.82) is 0 Å². The van der Waals surface area contributed by atoms with Crippen LogP contribution in [0.2, 0.25) is 5.02 Å². The number of hydrogen-bond acceptors (Lipinski definition) is 5. The van der Waals surface area contributed by atoms with Crippen molar-refractivity contribution in [2.24, 2.45) is 0 Å². The zero-order valence-corrected chi connectivity index (χ0v) is 12.8. The van der Waals surface area contributed by atoms with Gasteiger partial charge in [0.05, 0.1) is 26.9 Å². The van der Waals surface area contributed by atoms with Crippen molar-refractivity contribution in [3.8, 4) is 17.2 Å². The first-order chi connectivity index (χ1) is 9.63. The number of thiophene rings is 1. The number of hydrogen-bond donors (Lipinski definition) is 0. The molecule has 1 aromatic heterocycles. The van der Waals surface area contributed by atoms with Crippen LogP contribution in [0.5, 0.6) is 17.2 Å². The van der Waals surface area contributed by atoms with Crippen LogP contribution in [0.3, 0.4) is 0 Å². The van der Waals surface area contributed by atoms with Gasteiger partial charge in [-0.3, -0.25) is 4.79 Å². The fourth-order valence-electron chi connectivity index (χ4n) is 1.82. The van der Waals surface area contributed by atoms with Crippen LogP contribution in [0.15, 0.2) is 23.6 Å². The molecule has 0 atom stereocenters. The third-order valence-electron chi connectivity index (χ3n) is 2.79. The first-order valence-corrected chi connectivity index (χ1v) is 6.96. The van der Waals surface area contributed by atoms with Crippen molar-refractivity contribution in [3.63, 3.8) is 0 Å². The van der Waals surface area contributed by atoms with Gasteiger partial charge in [-0.05, 0) is 23.6 Å². The lowest BCUT2D eigenvalue weighted by atomic mass is 10.1. The Labute approximate surface area is 125 Å². The molecule has 2 aromatic rings. The lowest BCUT2D eigenvalue weighted by molar-refractivity contribution is 0.103. The number of carbonyl (C=O) groups is 1. The minimum absolute atomic E-state index is 0.196. The van der Waals surface area contributed by atoms with Crippen LogP contribution in [-0.2, 0) is 0 Å². The standard InChI is InChI=1S/C14H13ClO4S/c1-17-9-5-4-8(13(19-3)11(9)15)12(16)14-10(18-2)6-7-20-14/h4-7H,1-3H3. The topological polar surface area (TPSA) is 44.8 Å². The van der Waals surface area contributed by atoms with E-state index in [-0.39, 0.29) is 10.8 Å². The molecule has 0 aliphatic carbocycles. The highest BCUT2D eigenvalue weighted by atomic mass is 35.5. The van der Waals surface area contributed by atoms with E-state index in [9.17, 15) is 4.79 Å². The summed E-state index contributed by atoms with van der Waals surface area (Å²) in [4.78, 5) is 13.1. The average molecular weight is 313 g/mol. The maximum atomic E-state index is 12.6. The number of ketones is 1. The highest BCUT2D eigenvalue weighted by Crippen LogP contribution is 2.39. The monoisotopic (exact) mass is 312 g/mol. The first kappa shape index (κ1) is 14.7. The summed E-state index contributed by atoms with van der Waals surface area (Å²) in [5.74, 6) is 1.09. The molecule has 0 fully saturated rings. The molecule has 0 N–H and O–H groups in total. The van der Waals surface area contributed by atoms with E-state index in [0.717, 1.165) is 0 Å². The van der Waals surface area contributed by atoms with Crippen LogP contribution in [0.4, 0.5) is 0 Å². The largest absolute Gasteiger partial charge is 0.495 e. The van der Waals surface area contributed by atoms with Crippen molar-refractivity contribution in [1.82, 2.24) is 0 Å². The normalized spacial score (nSPS) is 10.2. The van der Waals surface area contributed by atoms with E-state index in [1.807, 2.05) is 0 Å². The molecule has 6 heteroatoms. The minimum atomic E-state index is -0.196. The Hall–Kier alpha value is -1.72. The first-order valence-electron chi connectivity index (χ1n) is 5.70. The summed E-state index contributed by atoms with van der Waals surface area (Å²) >= 11 is 7.47. The molecule has 0 amide bonds. The SMILES string of the molecule is COc1ccsc1C(=O)c1ccc(OC)c(Cl)c1OC. The van der Waals surface area contributed by atoms with Crippen molar-refractivity contribution in [2.75, 3.05) is 21.3 Å². The average Bonchev–Trinajstić information content (AvgIpc) is 2.94. The Bertz CT molecular complexity index is 636. The molecule has 1 heterocycles. The number of methoxy groups -OCH3 is 3. The number of ether oxygens (including phenoxy) is 3. The smallest absolute Gasteiger partial charge is 0.210 e. The summed E-state index contributed by atoms with van der Waals surface area (Å²) in [5, 5.41) is 2.07. The molecule has 2 rings (SSSR count). The Morgan fingerprint density at radius 2 is 1.75 bits per heavy atom. The van der Waals surface area contributed by atoms with Crippen molar-refractivity contribution < 1.29 is 19.0 Å². The molecular formula is C14H13ClO4S. The van der Waals surface area contributed by atoms with Gasteiger partial charge in [-0.1, -0.05) is 11.6 Å². The zero-order valence-electron chi connectivity index (χ0n) is 11.2. The molecule has 4 nitrogen and oxygen atoms in total. The molecule has 0 spiro atoms. The second-order valence-electron chi connectivity index (χ2n) is 3.81. The second kappa shape index (κ2) is 6.15. The van der Waals surface area contributed by atoms with Crippen LogP contribution in [-0.4, -0.2) is 27.1 Å². The lowest BCUT2D eigenvalue weighted by Gasteiger charge is -2.12. The van der Waals surface area contributed by atoms with E-state index in [4.69, 9.17) is 25.8 Å². The summed E-state index contributed by atoms with van der Waals surface area (Å²) in [6.45, 7) is 0. The Balaban J connectivity index is 2.53. The predicted octanol–water partition coefficient (Wildman–Crippen LogP) is 3.66.